The van der Waals surface area contributed by atoms with E-state index < -0.39 is 0 Å². The SMILES string of the molecule is NC(=O)CSc1ccccc1NCc1nc(-c2ccco2)no1. The van der Waals surface area contributed by atoms with Gasteiger partial charge < -0.3 is 20.0 Å². The first-order valence-electron chi connectivity index (χ1n) is 6.83. The largest absolute Gasteiger partial charge is 0.461 e. The predicted molar refractivity (Wildman–Crippen MR) is 85.7 cm³/mol. The highest BCUT2D eigenvalue weighted by atomic mass is 32.2. The van der Waals surface area contributed by atoms with Crippen molar-refractivity contribution in [2.45, 2.75) is 11.4 Å². The van der Waals surface area contributed by atoms with Crippen LogP contribution in [0.2, 0.25) is 0 Å². The Morgan fingerprint density at radius 1 is 1.26 bits per heavy atom. The summed E-state index contributed by atoms with van der Waals surface area (Å²) in [6.07, 6.45) is 1.55. The van der Waals surface area contributed by atoms with Gasteiger partial charge in [0, 0.05) is 10.6 Å². The fourth-order valence-electron chi connectivity index (χ4n) is 1.89. The minimum absolute atomic E-state index is 0.224. The van der Waals surface area contributed by atoms with Gasteiger partial charge in [-0.05, 0) is 24.3 Å². The molecule has 0 atom stereocenters. The first-order valence-corrected chi connectivity index (χ1v) is 7.81. The second-order valence-electron chi connectivity index (χ2n) is 4.59. The molecule has 0 bridgehead atoms. The van der Waals surface area contributed by atoms with Crippen LogP contribution in [0.5, 0.6) is 0 Å². The number of amides is 1. The van der Waals surface area contributed by atoms with Crippen LogP contribution in [0.3, 0.4) is 0 Å². The summed E-state index contributed by atoms with van der Waals surface area (Å²) in [6.45, 7) is 0.363. The van der Waals surface area contributed by atoms with E-state index in [4.69, 9.17) is 14.7 Å². The standard InChI is InChI=1S/C15H14N4O3S/c16-13(20)9-23-12-6-2-1-4-10(12)17-8-14-18-15(19-22-14)11-5-3-7-21-11/h1-7,17H,8-9H2,(H2,16,20). The second kappa shape index (κ2) is 7.01. The van der Waals surface area contributed by atoms with E-state index in [0.717, 1.165) is 10.6 Å². The number of nitrogens with zero attached hydrogens (tertiary/aromatic N) is 2. The lowest BCUT2D eigenvalue weighted by Gasteiger charge is -2.09. The third kappa shape index (κ3) is 3.92. The number of furan rings is 1. The maximum Gasteiger partial charge on any atom is 0.246 e. The molecule has 3 aromatic rings. The molecule has 0 aliphatic carbocycles. The van der Waals surface area contributed by atoms with Crippen molar-refractivity contribution >= 4 is 23.4 Å². The molecule has 0 fully saturated rings. The Hall–Kier alpha value is -2.74. The third-order valence-corrected chi connectivity index (χ3v) is 3.99. The number of hydrogen-bond donors (Lipinski definition) is 2. The van der Waals surface area contributed by atoms with Gasteiger partial charge in [-0.15, -0.1) is 11.8 Å². The molecule has 0 aliphatic rings. The number of hydrogen-bond acceptors (Lipinski definition) is 7. The maximum atomic E-state index is 10.9. The van der Waals surface area contributed by atoms with Crippen LogP contribution >= 0.6 is 11.8 Å². The van der Waals surface area contributed by atoms with Gasteiger partial charge in [-0.3, -0.25) is 4.79 Å². The number of nitrogens with one attached hydrogen (secondary N) is 1. The van der Waals surface area contributed by atoms with Crippen molar-refractivity contribution in [1.82, 2.24) is 10.1 Å². The lowest BCUT2D eigenvalue weighted by atomic mass is 10.3. The molecule has 1 amide bonds. The Bertz CT molecular complexity index is 786. The Kier molecular flexibility index (Phi) is 4.62. The zero-order valence-corrected chi connectivity index (χ0v) is 12.9. The van der Waals surface area contributed by atoms with Gasteiger partial charge >= 0.3 is 0 Å². The minimum atomic E-state index is -0.357. The fourth-order valence-corrected chi connectivity index (χ4v) is 2.66. The summed E-state index contributed by atoms with van der Waals surface area (Å²) in [5.41, 5.74) is 6.05. The average Bonchev–Trinajstić information content (AvgIpc) is 3.22. The van der Waals surface area contributed by atoms with Crippen LogP contribution in [0.25, 0.3) is 11.6 Å². The molecule has 118 valence electrons. The molecule has 2 aromatic heterocycles. The molecular weight excluding hydrogens is 316 g/mol. The van der Waals surface area contributed by atoms with Crippen LogP contribution in [0, 0.1) is 0 Å². The molecule has 0 saturated heterocycles. The number of thioether (sulfide) groups is 1. The maximum absolute atomic E-state index is 10.9. The fraction of sp³-hybridized carbons (Fsp3) is 0.133. The second-order valence-corrected chi connectivity index (χ2v) is 5.61. The van der Waals surface area contributed by atoms with E-state index in [1.165, 1.54) is 11.8 Å². The van der Waals surface area contributed by atoms with E-state index >= 15 is 0 Å². The number of anilines is 1. The van der Waals surface area contributed by atoms with E-state index in [9.17, 15) is 4.79 Å². The molecule has 23 heavy (non-hydrogen) atoms. The lowest BCUT2D eigenvalue weighted by molar-refractivity contribution is -0.115. The highest BCUT2D eigenvalue weighted by Gasteiger charge is 2.11. The van der Waals surface area contributed by atoms with E-state index in [1.54, 1.807) is 18.4 Å². The summed E-state index contributed by atoms with van der Waals surface area (Å²) in [6, 6.07) is 11.1. The quantitative estimate of drug-likeness (QED) is 0.641. The van der Waals surface area contributed by atoms with Crippen LogP contribution in [0.15, 0.2) is 56.5 Å². The van der Waals surface area contributed by atoms with Gasteiger partial charge in [0.15, 0.2) is 5.76 Å². The molecule has 2 heterocycles. The number of primary amides is 1. The summed E-state index contributed by atoms with van der Waals surface area (Å²) < 4.78 is 10.4. The van der Waals surface area contributed by atoms with Crippen molar-refractivity contribution in [3.8, 4) is 11.6 Å². The first-order chi connectivity index (χ1) is 11.2. The van der Waals surface area contributed by atoms with Crippen molar-refractivity contribution < 1.29 is 13.7 Å². The molecule has 0 radical (unpaired) electrons. The zero-order valence-electron chi connectivity index (χ0n) is 12.1. The molecule has 1 aromatic carbocycles. The number of carbonyl (C=O) groups is 1. The number of benzene rings is 1. The molecule has 0 aliphatic heterocycles. The van der Waals surface area contributed by atoms with Crippen LogP contribution in [-0.4, -0.2) is 21.8 Å². The van der Waals surface area contributed by atoms with E-state index in [1.807, 2.05) is 24.3 Å². The molecule has 0 saturated carbocycles. The Morgan fingerprint density at radius 2 is 2.13 bits per heavy atom. The minimum Gasteiger partial charge on any atom is -0.461 e. The van der Waals surface area contributed by atoms with Crippen molar-refractivity contribution in [2.24, 2.45) is 5.73 Å². The normalized spacial score (nSPS) is 10.6. The number of aromatic nitrogens is 2. The predicted octanol–water partition coefficient (Wildman–Crippen LogP) is 2.52. The van der Waals surface area contributed by atoms with Gasteiger partial charge in [-0.25, -0.2) is 0 Å². The third-order valence-electron chi connectivity index (χ3n) is 2.90. The molecule has 3 N–H and O–H groups in total. The molecule has 0 spiro atoms. The van der Waals surface area contributed by atoms with Crippen molar-refractivity contribution in [1.29, 1.82) is 0 Å². The average molecular weight is 330 g/mol. The van der Waals surface area contributed by atoms with Gasteiger partial charge in [0.05, 0.1) is 18.6 Å². The van der Waals surface area contributed by atoms with Gasteiger partial charge in [0.1, 0.15) is 0 Å². The topological polar surface area (TPSA) is 107 Å². The summed E-state index contributed by atoms with van der Waals surface area (Å²) in [5.74, 6) is 1.26. The number of para-hydroxylation sites is 1. The molecule has 0 unspecified atom stereocenters. The summed E-state index contributed by atoms with van der Waals surface area (Å²) >= 11 is 1.37. The Balaban J connectivity index is 1.65. The van der Waals surface area contributed by atoms with E-state index in [2.05, 4.69) is 15.5 Å². The van der Waals surface area contributed by atoms with Crippen molar-refractivity contribution in [2.75, 3.05) is 11.1 Å². The number of rotatable bonds is 7. The van der Waals surface area contributed by atoms with E-state index in [0.29, 0.717) is 24.0 Å². The molecule has 8 heteroatoms. The smallest absolute Gasteiger partial charge is 0.246 e. The highest BCUT2D eigenvalue weighted by molar-refractivity contribution is 8.00. The molecular formula is C15H14N4O3S. The Morgan fingerprint density at radius 3 is 2.91 bits per heavy atom. The summed E-state index contributed by atoms with van der Waals surface area (Å²) in [5, 5.41) is 7.08. The summed E-state index contributed by atoms with van der Waals surface area (Å²) in [7, 11) is 0. The number of carbonyl (C=O) groups excluding carboxylic acids is 1. The van der Waals surface area contributed by atoms with Crippen LogP contribution in [0.1, 0.15) is 5.89 Å². The Labute approximate surface area is 136 Å². The first kappa shape index (κ1) is 15.2. The monoisotopic (exact) mass is 330 g/mol. The number of nitrogens with two attached hydrogens (primary N) is 1. The van der Waals surface area contributed by atoms with Crippen LogP contribution < -0.4 is 11.1 Å². The van der Waals surface area contributed by atoms with Gasteiger partial charge in [-0.2, -0.15) is 4.98 Å². The molecule has 7 nitrogen and oxygen atoms in total. The lowest BCUT2D eigenvalue weighted by Crippen LogP contribution is -2.13. The van der Waals surface area contributed by atoms with Crippen molar-refractivity contribution in [3.63, 3.8) is 0 Å². The van der Waals surface area contributed by atoms with Gasteiger partial charge in [0.2, 0.25) is 17.6 Å². The van der Waals surface area contributed by atoms with Crippen molar-refractivity contribution in [3.05, 3.63) is 48.6 Å². The van der Waals surface area contributed by atoms with Crippen LogP contribution in [0.4, 0.5) is 5.69 Å². The van der Waals surface area contributed by atoms with E-state index in [-0.39, 0.29) is 11.7 Å². The zero-order chi connectivity index (χ0) is 16.1. The summed E-state index contributed by atoms with van der Waals surface area (Å²) in [4.78, 5) is 16.1. The highest BCUT2D eigenvalue weighted by Crippen LogP contribution is 2.27. The van der Waals surface area contributed by atoms with Crippen LogP contribution in [-0.2, 0) is 11.3 Å². The van der Waals surface area contributed by atoms with Gasteiger partial charge in [0.25, 0.3) is 0 Å². The van der Waals surface area contributed by atoms with Gasteiger partial charge in [-0.1, -0.05) is 17.3 Å². The molecule has 3 rings (SSSR count).